The van der Waals surface area contributed by atoms with Crippen molar-refractivity contribution in [1.29, 1.82) is 0 Å². The Kier molecular flexibility index (Phi) is 31.5. The first-order valence-corrected chi connectivity index (χ1v) is 28.3. The molecule has 3 fully saturated rings. The fraction of sp³-hybridized carbons (Fsp3) is 0.927. The van der Waals surface area contributed by atoms with E-state index in [9.17, 15) is 9.59 Å². The molecule has 0 aromatic rings. The largest absolute Gasteiger partial charge is 0.379 e. The average Bonchev–Trinajstić information content (AvgIpc) is 3.71. The zero-order chi connectivity index (χ0) is 51.0. The molecule has 8 atom stereocenters. The Hall–Kier alpha value is -1.80. The summed E-state index contributed by atoms with van der Waals surface area (Å²) in [6.07, 6.45) is 17.8. The summed E-state index contributed by atoms with van der Waals surface area (Å²) < 4.78 is 50.7. The summed E-state index contributed by atoms with van der Waals surface area (Å²) in [6, 6.07) is 0. The van der Waals surface area contributed by atoms with E-state index in [2.05, 4.69) is 67.7 Å². The second-order valence-corrected chi connectivity index (χ2v) is 21.7. The second kappa shape index (κ2) is 36.2. The van der Waals surface area contributed by atoms with E-state index in [1.54, 1.807) is 5.57 Å². The predicted octanol–water partition coefficient (Wildman–Crippen LogP) is 4.34. The van der Waals surface area contributed by atoms with Gasteiger partial charge in [0.15, 0.2) is 0 Å². The molecule has 0 radical (unpaired) electrons. The summed E-state index contributed by atoms with van der Waals surface area (Å²) in [5.74, 6) is 4.92. The lowest BCUT2D eigenvalue weighted by Gasteiger charge is -2.58. The molecule has 0 heterocycles. The monoisotopic (exact) mass is 1010 g/mol. The minimum Gasteiger partial charge on any atom is -0.379 e. The number of ether oxygens (including phenoxy) is 9. The number of quaternary nitrogens is 2. The van der Waals surface area contributed by atoms with E-state index in [4.69, 9.17) is 42.6 Å². The van der Waals surface area contributed by atoms with Gasteiger partial charge in [-0.3, -0.25) is 14.5 Å². The van der Waals surface area contributed by atoms with Crippen molar-refractivity contribution in [2.75, 3.05) is 158 Å². The lowest BCUT2D eigenvalue weighted by molar-refractivity contribution is -0.374. The number of fused-ring (bicyclic) bond motifs is 5. The topological polar surface area (TPSA) is 200 Å². The molecule has 2 amide bonds. The molecular weight excluding hydrogens is 907 g/mol. The summed E-state index contributed by atoms with van der Waals surface area (Å²) in [6.45, 7) is 25.6. The summed E-state index contributed by atoms with van der Waals surface area (Å²) in [5.41, 5.74) is 9.94. The first kappa shape index (κ1) is 61.7. The summed E-state index contributed by atoms with van der Waals surface area (Å²) in [5, 5.41) is 6.12. The number of hydrogen-bond acceptors (Lipinski definition) is 12. The number of hydrogen-bond donors (Lipinski definition) is 4. The van der Waals surface area contributed by atoms with Crippen LogP contribution < -0.4 is 22.1 Å². The first-order valence-electron chi connectivity index (χ1n) is 28.3. The highest BCUT2D eigenvalue weighted by Crippen LogP contribution is 2.67. The lowest BCUT2D eigenvalue weighted by Crippen LogP contribution is -2.52. The molecule has 0 aromatic carbocycles. The van der Waals surface area contributed by atoms with Crippen molar-refractivity contribution < 1.29 is 63.7 Å². The van der Waals surface area contributed by atoms with Crippen LogP contribution in [0.1, 0.15) is 118 Å². The van der Waals surface area contributed by atoms with Gasteiger partial charge in [-0.25, -0.2) is 0 Å². The molecule has 4 aliphatic carbocycles. The van der Waals surface area contributed by atoms with Crippen LogP contribution in [0.3, 0.4) is 0 Å². The van der Waals surface area contributed by atoms with Crippen LogP contribution in [-0.4, -0.2) is 181 Å². The highest BCUT2D eigenvalue weighted by molar-refractivity contribution is 5.76. The Labute approximate surface area is 430 Å². The lowest BCUT2D eigenvalue weighted by atomic mass is 9.47. The van der Waals surface area contributed by atoms with E-state index >= 15 is 0 Å². The number of carbonyl (C=O) groups is 2. The van der Waals surface area contributed by atoms with Gasteiger partial charge in [-0.2, -0.15) is 0 Å². The maximum absolute atomic E-state index is 12.7. The van der Waals surface area contributed by atoms with E-state index in [1.165, 1.54) is 57.8 Å². The molecule has 414 valence electrons. The third-order valence-corrected chi connectivity index (χ3v) is 16.3. The van der Waals surface area contributed by atoms with Crippen LogP contribution in [-0.2, 0) is 52.2 Å². The predicted molar refractivity (Wildman–Crippen MR) is 277 cm³/mol. The molecule has 3 saturated carbocycles. The van der Waals surface area contributed by atoms with Crippen LogP contribution in [0.25, 0.3) is 0 Å². The van der Waals surface area contributed by atoms with Crippen molar-refractivity contribution in [3.8, 4) is 0 Å². The molecule has 8 unspecified atom stereocenters. The van der Waals surface area contributed by atoms with E-state index in [1.807, 2.05) is 0 Å². The third-order valence-electron chi connectivity index (χ3n) is 16.3. The Morgan fingerprint density at radius 1 is 0.620 bits per heavy atom. The van der Waals surface area contributed by atoms with E-state index in [-0.39, 0.29) is 30.8 Å². The van der Waals surface area contributed by atoms with Gasteiger partial charge >= 0.3 is 0 Å². The van der Waals surface area contributed by atoms with Gasteiger partial charge in [0, 0.05) is 45.6 Å². The Bertz CT molecular complexity index is 1400. The number of amides is 2. The fourth-order valence-electron chi connectivity index (χ4n) is 12.4. The second-order valence-electron chi connectivity index (χ2n) is 21.7. The van der Waals surface area contributed by atoms with Crippen LogP contribution in [0.4, 0.5) is 0 Å². The molecule has 4 aliphatic rings. The van der Waals surface area contributed by atoms with Gasteiger partial charge in [0.1, 0.15) is 0 Å². The zero-order valence-electron chi connectivity index (χ0n) is 45.6. The van der Waals surface area contributed by atoms with E-state index in [0.29, 0.717) is 149 Å². The number of nitrogens with zero attached hydrogens (tertiary/aromatic N) is 1. The van der Waals surface area contributed by atoms with Gasteiger partial charge in [-0.05, 0) is 97.7 Å². The summed E-state index contributed by atoms with van der Waals surface area (Å²) >= 11 is 0. The van der Waals surface area contributed by atoms with Gasteiger partial charge in [-0.15, -0.1) is 0 Å². The van der Waals surface area contributed by atoms with Gasteiger partial charge in [0.2, 0.25) is 11.8 Å². The number of carbonyl (C=O) groups excluding carboxylic acids is 2. The van der Waals surface area contributed by atoms with Gasteiger partial charge in [0.05, 0.1) is 132 Å². The molecule has 4 rings (SSSR count). The molecular formula is C55H105N5O11+2. The quantitative estimate of drug-likeness (QED) is 0.0499. The highest BCUT2D eigenvalue weighted by atomic mass is 16.6. The smallest absolute Gasteiger partial charge is 0.222 e. The van der Waals surface area contributed by atoms with Crippen LogP contribution >= 0.6 is 0 Å². The van der Waals surface area contributed by atoms with Gasteiger partial charge in [0.25, 0.3) is 0 Å². The Balaban J connectivity index is 1.16. The first-order chi connectivity index (χ1) is 34.5. The minimum absolute atomic E-state index is 0.0510. The maximum Gasteiger partial charge on any atom is 0.222 e. The molecule has 0 aromatic heterocycles. The fourth-order valence-corrected chi connectivity index (χ4v) is 12.4. The van der Waals surface area contributed by atoms with Crippen molar-refractivity contribution in [3.05, 3.63) is 11.6 Å². The van der Waals surface area contributed by atoms with Crippen molar-refractivity contribution in [1.82, 2.24) is 15.5 Å². The molecule has 71 heavy (non-hydrogen) atoms. The Morgan fingerprint density at radius 3 is 1.63 bits per heavy atom. The van der Waals surface area contributed by atoms with E-state index in [0.717, 1.165) is 68.0 Å². The summed E-state index contributed by atoms with van der Waals surface area (Å²) in [4.78, 5) is 27.7. The molecule has 16 nitrogen and oxygen atoms in total. The summed E-state index contributed by atoms with van der Waals surface area (Å²) in [7, 11) is 0. The zero-order valence-corrected chi connectivity index (χ0v) is 45.6. The van der Waals surface area contributed by atoms with Crippen LogP contribution in [0.5, 0.6) is 0 Å². The van der Waals surface area contributed by atoms with Crippen molar-refractivity contribution in [2.45, 2.75) is 124 Å². The van der Waals surface area contributed by atoms with Crippen molar-refractivity contribution >= 4 is 11.8 Å². The van der Waals surface area contributed by atoms with Gasteiger partial charge < -0.3 is 64.7 Å². The number of nitrogens with one attached hydrogen (secondary N) is 2. The van der Waals surface area contributed by atoms with Crippen molar-refractivity contribution in [3.63, 3.8) is 0 Å². The van der Waals surface area contributed by atoms with Crippen molar-refractivity contribution in [2.24, 2.45) is 46.3 Å². The standard InChI is InChI=1S/C55H103N5O11/c1-44(2)7-6-8-45(3)49-11-12-50-48-10-9-46-43-47(13-17-54(46,4)51(48)14-18-55(49,50)5)71-30-25-60(23-21-58-52(61)15-26-63-31-35-67-39-41-69-37-33-65-28-19-56)24-22-59-53(62)16-27-64-32-36-68-40-42-70-38-34-66-29-20-57/h9,44-45,47-51H,6-8,10-43,56-57H2,1-5H3,(H,58,61)(H,59,62)/p+2. The van der Waals surface area contributed by atoms with Crippen LogP contribution in [0.2, 0.25) is 0 Å². The van der Waals surface area contributed by atoms with Crippen LogP contribution in [0.15, 0.2) is 11.6 Å². The molecule has 16 heteroatoms. The molecule has 0 bridgehead atoms. The third kappa shape index (κ3) is 22.9. The highest BCUT2D eigenvalue weighted by Gasteiger charge is 2.59. The number of rotatable bonds is 43. The van der Waals surface area contributed by atoms with Crippen LogP contribution in [0, 0.1) is 46.3 Å². The normalized spacial score (nSPS) is 25.5. The molecule has 0 spiro atoms. The average molecular weight is 1010 g/mol. The molecule has 8 N–H and O–H groups in total. The van der Waals surface area contributed by atoms with Gasteiger partial charge in [-0.1, -0.05) is 65.5 Å². The molecule has 0 saturated heterocycles. The molecule has 0 aliphatic heterocycles. The Morgan fingerprint density at radius 2 is 1.13 bits per heavy atom. The minimum atomic E-state index is -0.0510. The SMILES string of the molecule is CC(C)CCCC(C)C1CCC2C3CC=C4CC(OCCN(CCNC(=O)CCOCCOCCOCCOCC[NH3+])CCNC(=O)CCOCCOCCOCCOCC[NH3+])CCC4(C)C3CCC12C. The van der Waals surface area contributed by atoms with E-state index < -0.39 is 0 Å². The maximum atomic E-state index is 12.7. The number of allylic oxidation sites excluding steroid dienone is 1.